The average Bonchev–Trinajstić information content (AvgIpc) is 3.04. The van der Waals surface area contributed by atoms with Gasteiger partial charge in [-0.3, -0.25) is 0 Å². The zero-order valence-electron chi connectivity index (χ0n) is 14.8. The van der Waals surface area contributed by atoms with Gasteiger partial charge in [0.05, 0.1) is 11.0 Å². The van der Waals surface area contributed by atoms with Crippen molar-refractivity contribution in [1.29, 1.82) is 0 Å². The van der Waals surface area contributed by atoms with Crippen LogP contribution in [0.3, 0.4) is 0 Å². The first-order valence-electron chi connectivity index (χ1n) is 8.72. The molecule has 1 aromatic heterocycles. The molecule has 0 saturated carbocycles. The molecule has 3 aromatic carbocycles. The number of imidazole rings is 1. The van der Waals surface area contributed by atoms with Crippen LogP contribution in [0.5, 0.6) is 5.75 Å². The molecule has 1 atom stereocenters. The summed E-state index contributed by atoms with van der Waals surface area (Å²) in [5.74, 6) is 1.30. The molecule has 0 aliphatic rings. The maximum Gasteiger partial charge on any atom is 0.153 e. The molecular formula is C22H18ClFN2O. The first-order valence-corrected chi connectivity index (χ1v) is 9.10. The van der Waals surface area contributed by atoms with Crippen LogP contribution in [0.4, 0.5) is 4.39 Å². The molecule has 3 nitrogen and oxygen atoms in total. The summed E-state index contributed by atoms with van der Waals surface area (Å²) < 4.78 is 21.4. The van der Waals surface area contributed by atoms with Gasteiger partial charge in [0.15, 0.2) is 11.9 Å². The summed E-state index contributed by atoms with van der Waals surface area (Å²) in [6.07, 6.45) is -0.265. The van der Waals surface area contributed by atoms with Crippen molar-refractivity contribution in [3.8, 4) is 5.75 Å². The normalized spacial score (nSPS) is 12.3. The van der Waals surface area contributed by atoms with Gasteiger partial charge in [-0.2, -0.15) is 0 Å². The second-order valence-corrected chi connectivity index (χ2v) is 6.82. The van der Waals surface area contributed by atoms with Crippen LogP contribution in [0.1, 0.15) is 24.4 Å². The molecule has 0 fully saturated rings. The molecule has 4 aromatic rings. The molecule has 1 heterocycles. The summed E-state index contributed by atoms with van der Waals surface area (Å²) in [6.45, 7) is 2.56. The molecule has 27 heavy (non-hydrogen) atoms. The van der Waals surface area contributed by atoms with Crippen molar-refractivity contribution < 1.29 is 9.13 Å². The number of halogens is 2. The van der Waals surface area contributed by atoms with E-state index in [0.29, 0.717) is 11.6 Å². The van der Waals surface area contributed by atoms with E-state index in [9.17, 15) is 4.39 Å². The second-order valence-electron chi connectivity index (χ2n) is 6.39. The monoisotopic (exact) mass is 380 g/mol. The summed E-state index contributed by atoms with van der Waals surface area (Å²) in [4.78, 5) is 4.78. The summed E-state index contributed by atoms with van der Waals surface area (Å²) in [5, 5.41) is 0.665. The van der Waals surface area contributed by atoms with Gasteiger partial charge in [-0.1, -0.05) is 35.9 Å². The maximum atomic E-state index is 13.2. The van der Waals surface area contributed by atoms with E-state index >= 15 is 0 Å². The van der Waals surface area contributed by atoms with E-state index in [-0.39, 0.29) is 11.9 Å². The van der Waals surface area contributed by atoms with E-state index in [2.05, 4.69) is 4.57 Å². The maximum absolute atomic E-state index is 13.2. The fraction of sp³-hybridized carbons (Fsp3) is 0.136. The first-order chi connectivity index (χ1) is 13.1. The van der Waals surface area contributed by atoms with Gasteiger partial charge in [-0.25, -0.2) is 9.37 Å². The van der Waals surface area contributed by atoms with Crippen LogP contribution in [0.2, 0.25) is 5.02 Å². The summed E-state index contributed by atoms with van der Waals surface area (Å²) in [7, 11) is 0. The van der Waals surface area contributed by atoms with E-state index in [1.807, 2.05) is 43.3 Å². The van der Waals surface area contributed by atoms with Gasteiger partial charge >= 0.3 is 0 Å². The van der Waals surface area contributed by atoms with Crippen LogP contribution in [0.15, 0.2) is 72.8 Å². The smallest absolute Gasteiger partial charge is 0.153 e. The summed E-state index contributed by atoms with van der Waals surface area (Å²) in [5.41, 5.74) is 2.92. The van der Waals surface area contributed by atoms with Crippen LogP contribution < -0.4 is 4.74 Å². The van der Waals surface area contributed by atoms with E-state index in [1.54, 1.807) is 24.3 Å². The van der Waals surface area contributed by atoms with Gasteiger partial charge in [-0.05, 0) is 61.0 Å². The van der Waals surface area contributed by atoms with Crippen LogP contribution in [0, 0.1) is 5.82 Å². The Kier molecular flexibility index (Phi) is 4.82. The molecule has 136 valence electrons. The van der Waals surface area contributed by atoms with Crippen LogP contribution >= 0.6 is 11.6 Å². The van der Waals surface area contributed by atoms with E-state index in [4.69, 9.17) is 21.3 Å². The average molecular weight is 381 g/mol. The topological polar surface area (TPSA) is 27.1 Å². The number of nitrogens with zero attached hydrogens (tertiary/aromatic N) is 2. The minimum Gasteiger partial charge on any atom is -0.483 e. The first kappa shape index (κ1) is 17.6. The molecule has 1 unspecified atom stereocenters. The molecular weight excluding hydrogens is 363 g/mol. The molecule has 5 heteroatoms. The van der Waals surface area contributed by atoms with Crippen molar-refractivity contribution in [3.05, 3.63) is 95.0 Å². The van der Waals surface area contributed by atoms with Gasteiger partial charge in [0, 0.05) is 11.6 Å². The number of fused-ring (bicyclic) bond motifs is 1. The van der Waals surface area contributed by atoms with Gasteiger partial charge in [0.1, 0.15) is 11.6 Å². The number of hydrogen-bond acceptors (Lipinski definition) is 2. The van der Waals surface area contributed by atoms with Gasteiger partial charge in [-0.15, -0.1) is 0 Å². The molecule has 0 saturated heterocycles. The van der Waals surface area contributed by atoms with Crippen molar-refractivity contribution in [2.75, 3.05) is 0 Å². The third-order valence-corrected chi connectivity index (χ3v) is 4.68. The van der Waals surface area contributed by atoms with Gasteiger partial charge < -0.3 is 9.30 Å². The zero-order valence-corrected chi connectivity index (χ0v) is 15.5. The Bertz CT molecular complexity index is 1060. The molecule has 0 aliphatic heterocycles. The molecule has 0 N–H and O–H groups in total. The Morgan fingerprint density at radius 3 is 2.44 bits per heavy atom. The SMILES string of the molecule is CC(Oc1ccc(Cl)cc1)c1nc2ccccc2n1Cc1ccc(F)cc1. The number of ether oxygens (including phenoxy) is 1. The summed E-state index contributed by atoms with van der Waals surface area (Å²) in [6, 6.07) is 21.8. The Balaban J connectivity index is 1.70. The van der Waals surface area contributed by atoms with Crippen molar-refractivity contribution in [1.82, 2.24) is 9.55 Å². The Hall–Kier alpha value is -2.85. The largest absolute Gasteiger partial charge is 0.483 e. The number of hydrogen-bond donors (Lipinski definition) is 0. The molecule has 0 spiro atoms. The third-order valence-electron chi connectivity index (χ3n) is 4.43. The zero-order chi connectivity index (χ0) is 18.8. The van der Waals surface area contributed by atoms with Crippen molar-refractivity contribution in [2.45, 2.75) is 19.6 Å². The number of rotatable bonds is 5. The van der Waals surface area contributed by atoms with Crippen molar-refractivity contribution in [2.24, 2.45) is 0 Å². The highest BCUT2D eigenvalue weighted by atomic mass is 35.5. The van der Waals surface area contributed by atoms with Crippen LogP contribution in [-0.4, -0.2) is 9.55 Å². The minimum absolute atomic E-state index is 0.242. The lowest BCUT2D eigenvalue weighted by molar-refractivity contribution is 0.212. The van der Waals surface area contributed by atoms with Crippen LogP contribution in [0.25, 0.3) is 11.0 Å². The van der Waals surface area contributed by atoms with Crippen molar-refractivity contribution in [3.63, 3.8) is 0 Å². The highest BCUT2D eigenvalue weighted by Crippen LogP contribution is 2.27. The van der Waals surface area contributed by atoms with Crippen molar-refractivity contribution >= 4 is 22.6 Å². The Morgan fingerprint density at radius 1 is 1.00 bits per heavy atom. The summed E-state index contributed by atoms with van der Waals surface area (Å²) >= 11 is 5.95. The fourth-order valence-corrected chi connectivity index (χ4v) is 3.24. The molecule has 0 aliphatic carbocycles. The van der Waals surface area contributed by atoms with Gasteiger partial charge in [0.25, 0.3) is 0 Å². The standard InChI is InChI=1S/C22H18ClFN2O/c1-15(27-19-12-8-17(23)9-13-19)22-25-20-4-2-3-5-21(20)26(22)14-16-6-10-18(24)11-7-16/h2-13,15H,14H2,1H3. The quantitative estimate of drug-likeness (QED) is 0.423. The molecule has 0 radical (unpaired) electrons. The highest BCUT2D eigenvalue weighted by Gasteiger charge is 2.18. The fourth-order valence-electron chi connectivity index (χ4n) is 3.11. The van der Waals surface area contributed by atoms with E-state index in [0.717, 1.165) is 28.2 Å². The lowest BCUT2D eigenvalue weighted by atomic mass is 10.2. The Morgan fingerprint density at radius 2 is 1.70 bits per heavy atom. The highest BCUT2D eigenvalue weighted by molar-refractivity contribution is 6.30. The molecule has 4 rings (SSSR count). The second kappa shape index (κ2) is 7.41. The predicted octanol–water partition coefficient (Wildman–Crippen LogP) is 6.02. The van der Waals surface area contributed by atoms with E-state index < -0.39 is 0 Å². The lowest BCUT2D eigenvalue weighted by Gasteiger charge is -2.17. The Labute approximate surface area is 162 Å². The van der Waals surface area contributed by atoms with Gasteiger partial charge in [0.2, 0.25) is 0 Å². The van der Waals surface area contributed by atoms with Crippen LogP contribution in [-0.2, 0) is 6.54 Å². The molecule has 0 bridgehead atoms. The number of benzene rings is 3. The number of para-hydroxylation sites is 2. The van der Waals surface area contributed by atoms with E-state index in [1.165, 1.54) is 12.1 Å². The minimum atomic E-state index is -0.265. The third kappa shape index (κ3) is 3.81. The predicted molar refractivity (Wildman–Crippen MR) is 106 cm³/mol. The molecule has 0 amide bonds. The lowest BCUT2D eigenvalue weighted by Crippen LogP contribution is -2.12. The number of aromatic nitrogens is 2.